The minimum atomic E-state index is -4.15. The lowest BCUT2D eigenvalue weighted by Crippen LogP contribution is -2.35. The zero-order valence-electron chi connectivity index (χ0n) is 41.2. The van der Waals surface area contributed by atoms with Gasteiger partial charge in [-0.25, -0.2) is 36.1 Å². The van der Waals surface area contributed by atoms with E-state index in [1.165, 1.54) is 50.6 Å². The first-order valence-corrected chi connectivity index (χ1v) is 26.0. The van der Waals surface area contributed by atoms with Crippen molar-refractivity contribution in [3.8, 4) is 23.0 Å². The average Bonchev–Trinajstić information content (AvgIpc) is 4.20. The van der Waals surface area contributed by atoms with Crippen LogP contribution >= 0.6 is 0 Å². The van der Waals surface area contributed by atoms with Crippen LogP contribution in [0.25, 0.3) is 21.8 Å². The van der Waals surface area contributed by atoms with Crippen molar-refractivity contribution in [2.24, 2.45) is 14.1 Å². The second-order valence-electron chi connectivity index (χ2n) is 17.8. The number of nitrogens with zero attached hydrogens (tertiary/aromatic N) is 3. The second-order valence-corrected chi connectivity index (χ2v) is 21.2. The molecule has 2 aromatic heterocycles. The number of aromatic carboxylic acids is 1. The molecule has 2 aliphatic heterocycles. The molecule has 386 valence electrons. The van der Waals surface area contributed by atoms with Gasteiger partial charge in [0.1, 0.15) is 0 Å². The number of carboxylic acids is 1. The SMILES string of the molecule is CON(C)C(=O)c1ccc2c(C(C(=O)NS(=O)(=O)c3ccc(C)cc3)c3ccc4c(c3)OCO4)cn(C)c2c1.Cc1ccc(S(=O)(=O)NC(=O)C(c2ccc3c(c2)OCO3)c2cn(C)c3cc(C(=O)O)ccc23)cc1. The van der Waals surface area contributed by atoms with Crippen LogP contribution in [0.3, 0.4) is 0 Å². The number of amides is 3. The second kappa shape index (κ2) is 20.3. The van der Waals surface area contributed by atoms with Gasteiger partial charge in [0.2, 0.25) is 25.4 Å². The number of aromatic nitrogens is 2. The molecule has 3 N–H and O–H groups in total. The molecule has 0 saturated heterocycles. The van der Waals surface area contributed by atoms with Gasteiger partial charge >= 0.3 is 5.97 Å². The molecule has 0 radical (unpaired) electrons. The Labute approximate surface area is 430 Å². The van der Waals surface area contributed by atoms with Gasteiger partial charge in [-0.2, -0.15) is 0 Å². The van der Waals surface area contributed by atoms with Crippen LogP contribution in [-0.4, -0.2) is 87.6 Å². The topological polar surface area (TPSA) is 240 Å². The van der Waals surface area contributed by atoms with Crippen LogP contribution < -0.4 is 28.4 Å². The predicted octanol–water partition coefficient (Wildman–Crippen LogP) is 7.04. The van der Waals surface area contributed by atoms with Crippen LogP contribution in [0.4, 0.5) is 0 Å². The van der Waals surface area contributed by atoms with E-state index in [2.05, 4.69) is 9.44 Å². The number of carbonyl (C=O) groups excluding carboxylic acids is 3. The van der Waals surface area contributed by atoms with E-state index in [1.54, 1.807) is 121 Å². The van der Waals surface area contributed by atoms with Gasteiger partial charge in [-0.15, -0.1) is 0 Å². The fourth-order valence-electron chi connectivity index (χ4n) is 8.89. The van der Waals surface area contributed by atoms with Crippen molar-refractivity contribution in [3.63, 3.8) is 0 Å². The first-order valence-electron chi connectivity index (χ1n) is 23.0. The van der Waals surface area contributed by atoms with Crippen LogP contribution in [0, 0.1) is 13.8 Å². The maximum absolute atomic E-state index is 13.8. The zero-order chi connectivity index (χ0) is 53.5. The minimum absolute atomic E-state index is 0.0192. The summed E-state index contributed by atoms with van der Waals surface area (Å²) in [4.78, 5) is 56.6. The summed E-state index contributed by atoms with van der Waals surface area (Å²) in [7, 11) is -1.87. The van der Waals surface area contributed by atoms with E-state index in [4.69, 9.17) is 23.8 Å². The largest absolute Gasteiger partial charge is 0.478 e. The number of rotatable bonds is 13. The molecule has 0 saturated carbocycles. The third-order valence-corrected chi connectivity index (χ3v) is 15.6. The summed E-state index contributed by atoms with van der Waals surface area (Å²) in [6, 6.07) is 32.1. The lowest BCUT2D eigenvalue weighted by atomic mass is 9.90. The summed E-state index contributed by atoms with van der Waals surface area (Å²) in [6.07, 6.45) is 3.45. The summed E-state index contributed by atoms with van der Waals surface area (Å²) in [5, 5.41) is 11.8. The molecular weight excluding hydrogens is 1010 g/mol. The van der Waals surface area contributed by atoms with Gasteiger partial charge in [0.05, 0.1) is 34.3 Å². The van der Waals surface area contributed by atoms with Crippen molar-refractivity contribution in [2.75, 3.05) is 27.7 Å². The van der Waals surface area contributed by atoms with Crippen molar-refractivity contribution in [3.05, 3.63) is 178 Å². The van der Waals surface area contributed by atoms with Crippen LogP contribution in [0.5, 0.6) is 23.0 Å². The summed E-state index contributed by atoms with van der Waals surface area (Å²) in [6.45, 7) is 3.78. The molecule has 2 unspecified atom stereocenters. The van der Waals surface area contributed by atoms with Crippen LogP contribution in [0.1, 0.15) is 65.9 Å². The Morgan fingerprint density at radius 2 is 0.973 bits per heavy atom. The standard InChI is InChI=1S/C28H27N3O7S.C26H22N2O7S/c1-17-5-9-20(10-6-17)39(34,35)29-27(32)26(18-8-12-24-25(14-18)38-16-37-24)22-15-30(2)23-13-19(7-11-21(22)23)28(33)31(3)36-4;1-15-3-7-18(8-4-15)36(32,33)27-25(29)24(16-6-10-22-23(12-16)35-14-34-22)20-13-28(2)21-11-17(26(30)31)5-9-19(20)21/h5-15,26H,16H2,1-4H3,(H,29,32);3-13,24H,14H2,1-2H3,(H,27,29)(H,30,31). The highest BCUT2D eigenvalue weighted by Crippen LogP contribution is 2.41. The number of sulfonamides is 2. The van der Waals surface area contributed by atoms with Crippen LogP contribution in [0.2, 0.25) is 0 Å². The number of hydroxylamine groups is 2. The smallest absolute Gasteiger partial charge is 0.335 e. The lowest BCUT2D eigenvalue weighted by Gasteiger charge is -2.18. The Morgan fingerprint density at radius 1 is 0.573 bits per heavy atom. The van der Waals surface area contributed by atoms with Crippen molar-refractivity contribution >= 4 is 65.5 Å². The third-order valence-electron chi connectivity index (χ3n) is 12.8. The summed E-state index contributed by atoms with van der Waals surface area (Å²) < 4.78 is 82.2. The van der Waals surface area contributed by atoms with E-state index in [1.807, 2.05) is 13.8 Å². The highest BCUT2D eigenvalue weighted by Gasteiger charge is 2.34. The number of carbonyl (C=O) groups is 4. The summed E-state index contributed by atoms with van der Waals surface area (Å²) in [5.74, 6) is -3.01. The van der Waals surface area contributed by atoms with Crippen molar-refractivity contribution in [1.29, 1.82) is 0 Å². The fraction of sp³-hybridized carbons (Fsp3) is 0.185. The van der Waals surface area contributed by atoms with Crippen LogP contribution in [0.15, 0.2) is 144 Å². The molecule has 0 bridgehead atoms. The highest BCUT2D eigenvalue weighted by atomic mass is 32.2. The molecule has 21 heteroatoms. The Kier molecular flexibility index (Phi) is 13.9. The number of carboxylic acid groups (broad SMARTS) is 1. The van der Waals surface area contributed by atoms with Crippen LogP contribution in [-0.2, 0) is 48.6 Å². The van der Waals surface area contributed by atoms with Gasteiger partial charge in [-0.1, -0.05) is 59.7 Å². The predicted molar refractivity (Wildman–Crippen MR) is 274 cm³/mol. The molecule has 3 amide bonds. The first kappa shape index (κ1) is 51.2. The number of hydrogen-bond donors (Lipinski definition) is 3. The van der Waals surface area contributed by atoms with Gasteiger partial charge in [-0.05, 0) is 109 Å². The fourth-order valence-corrected chi connectivity index (χ4v) is 10.9. The summed E-state index contributed by atoms with van der Waals surface area (Å²) >= 11 is 0. The number of fused-ring (bicyclic) bond motifs is 4. The average molecular weight is 1060 g/mol. The molecule has 0 spiro atoms. The Bertz CT molecular complexity index is 3810. The third kappa shape index (κ3) is 10.3. The molecule has 0 aliphatic carbocycles. The molecule has 75 heavy (non-hydrogen) atoms. The molecule has 4 heterocycles. The molecule has 8 aromatic rings. The van der Waals surface area contributed by atoms with Crippen molar-refractivity contribution in [2.45, 2.75) is 35.5 Å². The minimum Gasteiger partial charge on any atom is -0.478 e. The van der Waals surface area contributed by atoms with Gasteiger partial charge in [0.25, 0.3) is 26.0 Å². The number of ether oxygens (including phenoxy) is 4. The van der Waals surface area contributed by atoms with Crippen molar-refractivity contribution in [1.82, 2.24) is 23.6 Å². The zero-order valence-corrected chi connectivity index (χ0v) is 42.8. The van der Waals surface area contributed by atoms with E-state index in [-0.39, 0.29) is 34.8 Å². The van der Waals surface area contributed by atoms with Gasteiger partial charge in [0.15, 0.2) is 23.0 Å². The monoisotopic (exact) mass is 1060 g/mol. The number of nitrogens with one attached hydrogen (secondary N) is 2. The molecule has 2 aliphatic rings. The number of aryl methyl sites for hydroxylation is 4. The molecule has 10 rings (SSSR count). The number of benzene rings is 6. The Morgan fingerprint density at radius 3 is 1.39 bits per heavy atom. The lowest BCUT2D eigenvalue weighted by molar-refractivity contribution is -0.120. The quantitative estimate of drug-likeness (QED) is 0.0983. The molecule has 2 atom stereocenters. The van der Waals surface area contributed by atoms with E-state index in [0.29, 0.717) is 72.6 Å². The molecule has 6 aromatic carbocycles. The maximum atomic E-state index is 13.8. The molecule has 0 fully saturated rings. The first-order chi connectivity index (χ1) is 35.7. The Balaban J connectivity index is 0.000000184. The maximum Gasteiger partial charge on any atom is 0.335 e. The van der Waals surface area contributed by atoms with E-state index in [9.17, 15) is 41.1 Å². The Hall–Kier alpha value is -8.66. The summed E-state index contributed by atoms with van der Waals surface area (Å²) in [5.41, 5.74) is 5.62. The molecular formula is C54H49N5O14S2. The molecule has 19 nitrogen and oxygen atoms in total. The van der Waals surface area contributed by atoms with Gasteiger partial charge in [-0.3, -0.25) is 19.2 Å². The van der Waals surface area contributed by atoms with E-state index >= 15 is 0 Å². The highest BCUT2D eigenvalue weighted by molar-refractivity contribution is 7.90. The normalized spacial score (nSPS) is 13.4. The van der Waals surface area contributed by atoms with E-state index < -0.39 is 49.7 Å². The van der Waals surface area contributed by atoms with Gasteiger partial charge in [0, 0.05) is 60.9 Å². The number of hydrogen-bond acceptors (Lipinski definition) is 13. The van der Waals surface area contributed by atoms with E-state index in [0.717, 1.165) is 16.2 Å². The van der Waals surface area contributed by atoms with Gasteiger partial charge < -0.3 is 33.2 Å². The van der Waals surface area contributed by atoms with Crippen molar-refractivity contribution < 1.29 is 64.9 Å².